The van der Waals surface area contributed by atoms with Gasteiger partial charge in [0.2, 0.25) is 0 Å². The summed E-state index contributed by atoms with van der Waals surface area (Å²) in [6.07, 6.45) is 0. The second-order valence-corrected chi connectivity index (χ2v) is 18.8. The third kappa shape index (κ3) is 9.37. The molecule has 0 atom stereocenters. The molecule has 1 N–H and O–H groups in total. The molecule has 0 aliphatic rings. The van der Waals surface area contributed by atoms with Gasteiger partial charge in [-0.25, -0.2) is 0 Å². The van der Waals surface area contributed by atoms with Gasteiger partial charge in [0.25, 0.3) is 0 Å². The first-order valence-electron chi connectivity index (χ1n) is 22.7. The molecule has 0 bridgehead atoms. The number of para-hydroxylation sites is 5. The van der Waals surface area contributed by atoms with Crippen LogP contribution in [0.15, 0.2) is 231 Å². The summed E-state index contributed by atoms with van der Waals surface area (Å²) in [5.41, 5.74) is 17.9. The Bertz CT molecular complexity index is 2830. The van der Waals surface area contributed by atoms with Crippen molar-refractivity contribution in [3.05, 3.63) is 242 Å². The standard InChI is InChI=1S/C62H57N3/c1-61(2,3)48-38-34-46(35-39-48)56-29-17-20-32-59(56)64(51-24-12-8-13-25-51)53-42-50(63-58-31-19-16-28-55(58)45-22-10-7-11-23-45)43-54(44-53)65(52-26-14-9-15-27-52)60-33-21-18-30-57(60)47-36-40-49(41-37-47)62(4,5)6/h7-44,63H,1-6H3. The Hall–Kier alpha value is -7.62. The van der Waals surface area contributed by atoms with Crippen LogP contribution in [0.2, 0.25) is 0 Å². The van der Waals surface area contributed by atoms with Crippen LogP contribution >= 0.6 is 0 Å². The van der Waals surface area contributed by atoms with Crippen LogP contribution in [-0.4, -0.2) is 0 Å². The van der Waals surface area contributed by atoms with E-state index in [4.69, 9.17) is 0 Å². The first-order valence-corrected chi connectivity index (χ1v) is 22.7. The molecule has 320 valence electrons. The zero-order valence-corrected chi connectivity index (χ0v) is 38.3. The molecule has 0 amide bonds. The van der Waals surface area contributed by atoms with Crippen molar-refractivity contribution in [3.8, 4) is 33.4 Å². The van der Waals surface area contributed by atoms with Crippen LogP contribution in [0.1, 0.15) is 52.7 Å². The second-order valence-electron chi connectivity index (χ2n) is 18.8. The molecule has 9 rings (SSSR count). The molecular formula is C62H57N3. The Labute approximate surface area is 386 Å². The molecule has 0 saturated carbocycles. The largest absolute Gasteiger partial charge is 0.355 e. The third-order valence-electron chi connectivity index (χ3n) is 12.2. The van der Waals surface area contributed by atoms with E-state index < -0.39 is 0 Å². The quantitative estimate of drug-likeness (QED) is 0.140. The van der Waals surface area contributed by atoms with Gasteiger partial charge in [0.15, 0.2) is 0 Å². The van der Waals surface area contributed by atoms with Crippen molar-refractivity contribution in [1.29, 1.82) is 0 Å². The van der Waals surface area contributed by atoms with Gasteiger partial charge in [-0.05, 0) is 99.3 Å². The van der Waals surface area contributed by atoms with Crippen molar-refractivity contribution in [1.82, 2.24) is 0 Å². The lowest BCUT2D eigenvalue weighted by Gasteiger charge is -2.32. The maximum absolute atomic E-state index is 3.95. The molecule has 0 fully saturated rings. The molecule has 9 aromatic carbocycles. The van der Waals surface area contributed by atoms with Crippen molar-refractivity contribution >= 4 is 45.5 Å². The molecular weight excluding hydrogens is 787 g/mol. The van der Waals surface area contributed by atoms with Crippen molar-refractivity contribution < 1.29 is 0 Å². The van der Waals surface area contributed by atoms with E-state index in [1.165, 1.54) is 11.1 Å². The fraction of sp³-hybridized carbons (Fsp3) is 0.129. The predicted molar refractivity (Wildman–Crippen MR) is 279 cm³/mol. The van der Waals surface area contributed by atoms with Gasteiger partial charge >= 0.3 is 0 Å². The molecule has 0 aliphatic carbocycles. The van der Waals surface area contributed by atoms with Crippen LogP contribution in [0.5, 0.6) is 0 Å². The monoisotopic (exact) mass is 843 g/mol. The minimum atomic E-state index is 0.0518. The highest BCUT2D eigenvalue weighted by Crippen LogP contribution is 2.47. The van der Waals surface area contributed by atoms with E-state index >= 15 is 0 Å². The lowest BCUT2D eigenvalue weighted by molar-refractivity contribution is 0.590. The molecule has 0 radical (unpaired) electrons. The van der Waals surface area contributed by atoms with Gasteiger partial charge in [0, 0.05) is 39.4 Å². The summed E-state index contributed by atoms with van der Waals surface area (Å²) < 4.78 is 0. The smallest absolute Gasteiger partial charge is 0.0540 e. The van der Waals surface area contributed by atoms with Crippen LogP contribution in [-0.2, 0) is 10.8 Å². The van der Waals surface area contributed by atoms with Gasteiger partial charge < -0.3 is 15.1 Å². The highest BCUT2D eigenvalue weighted by Gasteiger charge is 2.24. The number of nitrogens with zero attached hydrogens (tertiary/aromatic N) is 2. The summed E-state index contributed by atoms with van der Waals surface area (Å²) in [7, 11) is 0. The van der Waals surface area contributed by atoms with Crippen molar-refractivity contribution in [2.45, 2.75) is 52.4 Å². The summed E-state index contributed by atoms with van der Waals surface area (Å²) in [5.74, 6) is 0. The molecule has 0 unspecified atom stereocenters. The zero-order chi connectivity index (χ0) is 45.0. The molecule has 65 heavy (non-hydrogen) atoms. The van der Waals surface area contributed by atoms with Gasteiger partial charge in [0.05, 0.1) is 22.7 Å². The molecule has 0 aromatic heterocycles. The number of nitrogens with one attached hydrogen (secondary N) is 1. The molecule has 0 saturated heterocycles. The van der Waals surface area contributed by atoms with E-state index in [2.05, 4.69) is 287 Å². The van der Waals surface area contributed by atoms with E-state index in [-0.39, 0.29) is 10.8 Å². The van der Waals surface area contributed by atoms with E-state index in [0.29, 0.717) is 0 Å². The minimum Gasteiger partial charge on any atom is -0.355 e. The van der Waals surface area contributed by atoms with E-state index in [0.717, 1.165) is 78.9 Å². The van der Waals surface area contributed by atoms with Crippen molar-refractivity contribution in [2.75, 3.05) is 15.1 Å². The summed E-state index contributed by atoms with van der Waals surface area (Å²) in [4.78, 5) is 4.82. The van der Waals surface area contributed by atoms with Gasteiger partial charge in [-0.1, -0.05) is 211 Å². The van der Waals surface area contributed by atoms with Crippen LogP contribution in [0, 0.1) is 0 Å². The van der Waals surface area contributed by atoms with Crippen LogP contribution in [0.3, 0.4) is 0 Å². The first kappa shape index (κ1) is 42.7. The minimum absolute atomic E-state index is 0.0518. The Morgan fingerprint density at radius 2 is 0.662 bits per heavy atom. The van der Waals surface area contributed by atoms with E-state index in [9.17, 15) is 0 Å². The summed E-state index contributed by atoms with van der Waals surface area (Å²) in [6.45, 7) is 13.6. The maximum Gasteiger partial charge on any atom is 0.0540 e. The fourth-order valence-corrected chi connectivity index (χ4v) is 8.68. The fourth-order valence-electron chi connectivity index (χ4n) is 8.68. The zero-order valence-electron chi connectivity index (χ0n) is 38.3. The Kier molecular flexibility index (Phi) is 12.0. The Morgan fingerprint density at radius 1 is 0.308 bits per heavy atom. The van der Waals surface area contributed by atoms with Gasteiger partial charge in [-0.15, -0.1) is 0 Å². The SMILES string of the molecule is CC(C)(C)c1ccc(-c2ccccc2N(c2ccccc2)c2cc(Nc3ccccc3-c3ccccc3)cc(N(c3ccccc3)c3ccccc3-c3ccc(C(C)(C)C)cc3)c2)cc1. The highest BCUT2D eigenvalue weighted by molar-refractivity contribution is 5.94. The van der Waals surface area contributed by atoms with Crippen molar-refractivity contribution in [3.63, 3.8) is 0 Å². The highest BCUT2D eigenvalue weighted by atomic mass is 15.2. The molecule has 0 aliphatic heterocycles. The topological polar surface area (TPSA) is 18.5 Å². The normalized spacial score (nSPS) is 11.5. The molecule has 0 spiro atoms. The van der Waals surface area contributed by atoms with Gasteiger partial charge in [-0.3, -0.25) is 0 Å². The van der Waals surface area contributed by atoms with Crippen molar-refractivity contribution in [2.24, 2.45) is 0 Å². The average Bonchev–Trinajstić information content (AvgIpc) is 3.33. The third-order valence-corrected chi connectivity index (χ3v) is 12.2. The Morgan fingerprint density at radius 3 is 1.09 bits per heavy atom. The lowest BCUT2D eigenvalue weighted by atomic mass is 9.86. The lowest BCUT2D eigenvalue weighted by Crippen LogP contribution is -2.15. The Balaban J connectivity index is 1.29. The average molecular weight is 844 g/mol. The first-order chi connectivity index (χ1) is 31.5. The van der Waals surface area contributed by atoms with Gasteiger partial charge in [0.1, 0.15) is 0 Å². The molecule has 0 heterocycles. The predicted octanol–water partition coefficient (Wildman–Crippen LogP) is 18.0. The second kappa shape index (κ2) is 18.2. The van der Waals surface area contributed by atoms with E-state index in [1.54, 1.807) is 0 Å². The molecule has 9 aromatic rings. The van der Waals surface area contributed by atoms with Crippen LogP contribution in [0.4, 0.5) is 45.5 Å². The maximum atomic E-state index is 3.95. The number of benzene rings is 9. The number of rotatable bonds is 11. The molecule has 3 nitrogen and oxygen atoms in total. The number of hydrogen-bond acceptors (Lipinski definition) is 3. The molecule has 3 heteroatoms. The number of anilines is 8. The summed E-state index contributed by atoms with van der Waals surface area (Å²) in [6, 6.07) is 83.4. The summed E-state index contributed by atoms with van der Waals surface area (Å²) >= 11 is 0. The summed E-state index contributed by atoms with van der Waals surface area (Å²) in [5, 5.41) is 3.95. The van der Waals surface area contributed by atoms with Crippen LogP contribution < -0.4 is 15.1 Å². The van der Waals surface area contributed by atoms with Gasteiger partial charge in [-0.2, -0.15) is 0 Å². The van der Waals surface area contributed by atoms with Crippen LogP contribution in [0.25, 0.3) is 33.4 Å². The number of hydrogen-bond donors (Lipinski definition) is 1. The van der Waals surface area contributed by atoms with E-state index in [1.807, 2.05) is 0 Å².